The van der Waals surface area contributed by atoms with Crippen molar-refractivity contribution in [2.24, 2.45) is 11.1 Å². The van der Waals surface area contributed by atoms with Crippen LogP contribution in [0.5, 0.6) is 0 Å². The van der Waals surface area contributed by atoms with E-state index in [9.17, 15) is 0 Å². The molecule has 0 unspecified atom stereocenters. The Morgan fingerprint density at radius 3 is 2.76 bits per heavy atom. The first-order chi connectivity index (χ1) is 8.38. The molecule has 0 amide bonds. The summed E-state index contributed by atoms with van der Waals surface area (Å²) in [6, 6.07) is 14.3. The van der Waals surface area contributed by atoms with Gasteiger partial charge in [0.05, 0.1) is 5.69 Å². The van der Waals surface area contributed by atoms with Gasteiger partial charge in [-0.05, 0) is 24.1 Å². The van der Waals surface area contributed by atoms with Gasteiger partial charge in [0.1, 0.15) is 5.71 Å². The lowest BCUT2D eigenvalue weighted by Gasteiger charge is -2.09. The van der Waals surface area contributed by atoms with Gasteiger partial charge in [0, 0.05) is 18.7 Å². The number of benzene rings is 1. The molecule has 1 N–H and O–H groups in total. The van der Waals surface area contributed by atoms with E-state index in [1.165, 1.54) is 5.56 Å². The lowest BCUT2D eigenvalue weighted by atomic mass is 9.95. The van der Waals surface area contributed by atoms with Crippen LogP contribution in [0.2, 0.25) is 0 Å². The minimum atomic E-state index is 0.276. The van der Waals surface area contributed by atoms with Crippen LogP contribution in [0.1, 0.15) is 11.3 Å². The third-order valence-corrected chi connectivity index (χ3v) is 3.33. The molecule has 2 aromatic rings. The molecule has 0 aliphatic carbocycles. The Balaban J connectivity index is 1.85. The number of fused-ring (bicyclic) bond motifs is 1. The summed E-state index contributed by atoms with van der Waals surface area (Å²) in [4.78, 5) is 0. The van der Waals surface area contributed by atoms with E-state index in [1.807, 2.05) is 36.5 Å². The SMILES string of the molecule is ON=C1c2cccn2C[C@@H]1Cc1ccccc1. The third-order valence-electron chi connectivity index (χ3n) is 3.33. The highest BCUT2D eigenvalue weighted by Crippen LogP contribution is 2.25. The van der Waals surface area contributed by atoms with Gasteiger partial charge in [0.2, 0.25) is 0 Å². The number of hydrogen-bond donors (Lipinski definition) is 1. The second kappa shape index (κ2) is 4.09. The summed E-state index contributed by atoms with van der Waals surface area (Å²) in [5.41, 5.74) is 3.12. The fraction of sp³-hybridized carbons (Fsp3) is 0.214. The summed E-state index contributed by atoms with van der Waals surface area (Å²) in [7, 11) is 0. The Labute approximate surface area is 100 Å². The Kier molecular flexibility index (Phi) is 2.44. The van der Waals surface area contributed by atoms with E-state index in [0.29, 0.717) is 0 Å². The summed E-state index contributed by atoms with van der Waals surface area (Å²) < 4.78 is 2.14. The molecule has 3 nitrogen and oxygen atoms in total. The van der Waals surface area contributed by atoms with E-state index >= 15 is 0 Å². The molecule has 0 saturated heterocycles. The van der Waals surface area contributed by atoms with Crippen molar-refractivity contribution in [3.8, 4) is 0 Å². The van der Waals surface area contributed by atoms with Crippen molar-refractivity contribution in [3.05, 3.63) is 59.9 Å². The van der Waals surface area contributed by atoms with Crippen molar-refractivity contribution >= 4 is 5.71 Å². The summed E-state index contributed by atoms with van der Waals surface area (Å²) >= 11 is 0. The number of hydrogen-bond acceptors (Lipinski definition) is 2. The summed E-state index contributed by atoms with van der Waals surface area (Å²) in [5.74, 6) is 0.276. The maximum Gasteiger partial charge on any atom is 0.108 e. The summed E-state index contributed by atoms with van der Waals surface area (Å²) in [6.45, 7) is 0.899. The number of rotatable bonds is 2. The monoisotopic (exact) mass is 226 g/mol. The number of nitrogens with zero attached hydrogens (tertiary/aromatic N) is 2. The molecule has 0 bridgehead atoms. The number of aromatic nitrogens is 1. The molecule has 2 heterocycles. The fourth-order valence-corrected chi connectivity index (χ4v) is 2.53. The van der Waals surface area contributed by atoms with E-state index in [0.717, 1.165) is 24.4 Å². The van der Waals surface area contributed by atoms with Crippen molar-refractivity contribution < 1.29 is 5.21 Å². The average molecular weight is 226 g/mol. The summed E-state index contributed by atoms with van der Waals surface area (Å²) in [5, 5.41) is 12.6. The molecule has 1 aliphatic heterocycles. The molecule has 1 aliphatic rings. The van der Waals surface area contributed by atoms with Gasteiger partial charge in [-0.25, -0.2) is 0 Å². The molecule has 1 atom stereocenters. The van der Waals surface area contributed by atoms with Gasteiger partial charge in [-0.1, -0.05) is 35.5 Å². The molecule has 1 aromatic carbocycles. The zero-order chi connectivity index (χ0) is 11.7. The Morgan fingerprint density at radius 1 is 1.18 bits per heavy atom. The van der Waals surface area contributed by atoms with Crippen LogP contribution in [0.25, 0.3) is 0 Å². The van der Waals surface area contributed by atoms with E-state index in [1.54, 1.807) is 0 Å². The largest absolute Gasteiger partial charge is 0.411 e. The predicted molar refractivity (Wildman–Crippen MR) is 66.4 cm³/mol. The highest BCUT2D eigenvalue weighted by atomic mass is 16.4. The Hall–Kier alpha value is -2.03. The third kappa shape index (κ3) is 1.73. The lowest BCUT2D eigenvalue weighted by molar-refractivity contribution is 0.315. The molecule has 17 heavy (non-hydrogen) atoms. The van der Waals surface area contributed by atoms with Gasteiger partial charge < -0.3 is 9.77 Å². The molecular formula is C14H14N2O. The molecule has 0 saturated carbocycles. The Morgan fingerprint density at radius 2 is 2.00 bits per heavy atom. The maximum absolute atomic E-state index is 9.15. The molecule has 1 aromatic heterocycles. The van der Waals surface area contributed by atoms with Gasteiger partial charge in [0.25, 0.3) is 0 Å². The molecule has 0 radical (unpaired) electrons. The van der Waals surface area contributed by atoms with Crippen molar-refractivity contribution in [1.29, 1.82) is 0 Å². The Bertz CT molecular complexity index is 542. The molecule has 86 valence electrons. The van der Waals surface area contributed by atoms with Crippen LogP contribution in [0, 0.1) is 5.92 Å². The van der Waals surface area contributed by atoms with Crippen molar-refractivity contribution in [2.75, 3.05) is 0 Å². The van der Waals surface area contributed by atoms with Crippen LogP contribution < -0.4 is 0 Å². The van der Waals surface area contributed by atoms with Gasteiger partial charge in [-0.3, -0.25) is 0 Å². The smallest absolute Gasteiger partial charge is 0.108 e. The molecule has 3 rings (SSSR count). The van der Waals surface area contributed by atoms with E-state index < -0.39 is 0 Å². The average Bonchev–Trinajstić information content (AvgIpc) is 2.90. The van der Waals surface area contributed by atoms with Crippen LogP contribution >= 0.6 is 0 Å². The highest BCUT2D eigenvalue weighted by molar-refractivity contribution is 6.02. The summed E-state index contributed by atoms with van der Waals surface area (Å²) in [6.07, 6.45) is 2.95. The topological polar surface area (TPSA) is 37.5 Å². The highest BCUT2D eigenvalue weighted by Gasteiger charge is 2.28. The minimum Gasteiger partial charge on any atom is -0.411 e. The molecular weight excluding hydrogens is 212 g/mol. The second-order valence-corrected chi connectivity index (χ2v) is 4.42. The first-order valence-electron chi connectivity index (χ1n) is 5.80. The molecule has 0 spiro atoms. The molecule has 3 heteroatoms. The van der Waals surface area contributed by atoms with Crippen LogP contribution in [0.3, 0.4) is 0 Å². The van der Waals surface area contributed by atoms with E-state index in [-0.39, 0.29) is 5.92 Å². The maximum atomic E-state index is 9.15. The van der Waals surface area contributed by atoms with E-state index in [4.69, 9.17) is 5.21 Å². The van der Waals surface area contributed by atoms with E-state index in [2.05, 4.69) is 21.9 Å². The zero-order valence-electron chi connectivity index (χ0n) is 9.45. The predicted octanol–water partition coefficient (Wildman–Crippen LogP) is 2.54. The molecule has 0 fully saturated rings. The van der Waals surface area contributed by atoms with Crippen molar-refractivity contribution in [3.63, 3.8) is 0 Å². The lowest BCUT2D eigenvalue weighted by Crippen LogP contribution is -2.13. The fourth-order valence-electron chi connectivity index (χ4n) is 2.53. The standard InChI is InChI=1S/C14H14N2O/c17-15-14-12(9-11-5-2-1-3-6-11)10-16-8-4-7-13(14)16/h1-8,12,17H,9-10H2/t12-/m0/s1. The van der Waals surface area contributed by atoms with Crippen LogP contribution in [0.4, 0.5) is 0 Å². The van der Waals surface area contributed by atoms with Crippen LogP contribution in [0.15, 0.2) is 53.8 Å². The van der Waals surface area contributed by atoms with Crippen LogP contribution in [-0.2, 0) is 13.0 Å². The quantitative estimate of drug-likeness (QED) is 0.620. The second-order valence-electron chi connectivity index (χ2n) is 4.42. The normalized spacial score (nSPS) is 20.7. The first-order valence-corrected chi connectivity index (χ1v) is 5.80. The number of oxime groups is 1. The van der Waals surface area contributed by atoms with Gasteiger partial charge in [-0.15, -0.1) is 0 Å². The first kappa shape index (κ1) is 10.1. The van der Waals surface area contributed by atoms with Gasteiger partial charge >= 0.3 is 0 Å². The van der Waals surface area contributed by atoms with Crippen molar-refractivity contribution in [1.82, 2.24) is 4.57 Å². The van der Waals surface area contributed by atoms with Crippen LogP contribution in [-0.4, -0.2) is 15.5 Å². The van der Waals surface area contributed by atoms with Crippen molar-refractivity contribution in [2.45, 2.75) is 13.0 Å². The minimum absolute atomic E-state index is 0.276. The zero-order valence-corrected chi connectivity index (χ0v) is 9.45. The van der Waals surface area contributed by atoms with Gasteiger partial charge in [0.15, 0.2) is 0 Å². The van der Waals surface area contributed by atoms with Gasteiger partial charge in [-0.2, -0.15) is 0 Å².